The predicted molar refractivity (Wildman–Crippen MR) is 164 cm³/mol. The Kier molecular flexibility index (Phi) is 12.6. The van der Waals surface area contributed by atoms with Gasteiger partial charge in [-0.05, 0) is 48.9 Å². The minimum atomic E-state index is -3.44. The van der Waals surface area contributed by atoms with Crippen LogP contribution in [-0.4, -0.2) is 36.1 Å². The summed E-state index contributed by atoms with van der Waals surface area (Å²) in [5.74, 6) is -1.30. The number of nitrogens with zero attached hydrogens (tertiary/aromatic N) is 1. The summed E-state index contributed by atoms with van der Waals surface area (Å²) in [7, 11) is -3.44. The zero-order valence-electron chi connectivity index (χ0n) is 23.4. The number of hydrogen-bond acceptors (Lipinski definition) is 6. The van der Waals surface area contributed by atoms with Crippen LogP contribution in [0.3, 0.4) is 0 Å². The first-order valence-electron chi connectivity index (χ1n) is 14.1. The third-order valence-corrected chi connectivity index (χ3v) is 8.85. The van der Waals surface area contributed by atoms with Gasteiger partial charge in [0.25, 0.3) is 11.8 Å². The molecule has 1 heterocycles. The van der Waals surface area contributed by atoms with Crippen LogP contribution in [0.1, 0.15) is 92.0 Å². The van der Waals surface area contributed by atoms with E-state index in [9.17, 15) is 23.1 Å². The van der Waals surface area contributed by atoms with E-state index in [-0.39, 0.29) is 44.1 Å². The first-order chi connectivity index (χ1) is 19.7. The van der Waals surface area contributed by atoms with Gasteiger partial charge in [-0.15, -0.1) is 0 Å². The van der Waals surface area contributed by atoms with Crippen molar-refractivity contribution in [3.05, 3.63) is 77.1 Å². The molecule has 0 saturated carbocycles. The summed E-state index contributed by atoms with van der Waals surface area (Å²) in [4.78, 5) is 29.2. The van der Waals surface area contributed by atoms with Gasteiger partial charge in [0.15, 0.2) is 9.84 Å². The van der Waals surface area contributed by atoms with E-state index in [1.165, 1.54) is 87.2 Å². The lowest BCUT2D eigenvalue weighted by atomic mass is 10.1. The summed E-state index contributed by atoms with van der Waals surface area (Å²) in [6, 6.07) is 13.1. The molecule has 0 spiro atoms. The molecule has 0 aliphatic rings. The van der Waals surface area contributed by atoms with Gasteiger partial charge >= 0.3 is 0 Å². The number of unbranched alkanes of at least 4 members (excludes halogenated alkanes) is 9. The second kappa shape index (κ2) is 16.1. The minimum absolute atomic E-state index is 0.0356. The topological polar surface area (TPSA) is 125 Å². The van der Waals surface area contributed by atoms with Crippen LogP contribution in [0.25, 0.3) is 0 Å². The molecule has 3 rings (SSSR count). The normalized spacial score (nSPS) is 11.3. The SMILES string of the molecule is CCCCCCCCCCCCS(=O)(=O)c1ccc(C(=O)Nc2cc(Cl)c(NC(=O)c3ccccn3)cc2O)cc1. The number of pyridine rings is 1. The van der Waals surface area contributed by atoms with Crippen molar-refractivity contribution < 1.29 is 23.1 Å². The van der Waals surface area contributed by atoms with Gasteiger partial charge in [-0.1, -0.05) is 82.4 Å². The lowest BCUT2D eigenvalue weighted by Gasteiger charge is -2.12. The van der Waals surface area contributed by atoms with E-state index >= 15 is 0 Å². The fourth-order valence-electron chi connectivity index (χ4n) is 4.35. The highest BCUT2D eigenvalue weighted by Crippen LogP contribution is 2.34. The maximum Gasteiger partial charge on any atom is 0.274 e. The third kappa shape index (κ3) is 10.2. The lowest BCUT2D eigenvalue weighted by molar-refractivity contribution is 0.101. The Labute approximate surface area is 247 Å². The molecule has 0 unspecified atom stereocenters. The molecular weight excluding hydrogens is 562 g/mol. The third-order valence-electron chi connectivity index (χ3n) is 6.72. The van der Waals surface area contributed by atoms with Crippen LogP contribution in [0.15, 0.2) is 65.7 Å². The van der Waals surface area contributed by atoms with Crippen molar-refractivity contribution >= 4 is 44.6 Å². The van der Waals surface area contributed by atoms with E-state index in [1.807, 2.05) is 0 Å². The van der Waals surface area contributed by atoms with Crippen molar-refractivity contribution in [1.82, 2.24) is 4.98 Å². The Bertz CT molecular complexity index is 1400. The van der Waals surface area contributed by atoms with E-state index in [0.717, 1.165) is 19.3 Å². The number of carbonyl (C=O) groups excluding carboxylic acids is 2. The van der Waals surface area contributed by atoms with Crippen LogP contribution < -0.4 is 10.6 Å². The van der Waals surface area contributed by atoms with Gasteiger partial charge in [0.1, 0.15) is 11.4 Å². The van der Waals surface area contributed by atoms with Gasteiger partial charge in [-0.25, -0.2) is 8.42 Å². The van der Waals surface area contributed by atoms with Crippen molar-refractivity contribution in [2.75, 3.05) is 16.4 Å². The molecule has 41 heavy (non-hydrogen) atoms. The molecule has 0 aliphatic heterocycles. The van der Waals surface area contributed by atoms with E-state index in [2.05, 4.69) is 22.5 Å². The molecule has 2 aromatic carbocycles. The highest BCUT2D eigenvalue weighted by atomic mass is 35.5. The number of aromatic hydroxyl groups is 1. The molecule has 1 aromatic heterocycles. The number of hydrogen-bond donors (Lipinski definition) is 3. The number of carbonyl (C=O) groups is 2. The van der Waals surface area contributed by atoms with Crippen LogP contribution in [-0.2, 0) is 9.84 Å². The molecule has 0 fully saturated rings. The Morgan fingerprint density at radius 3 is 2.02 bits per heavy atom. The molecule has 2 amide bonds. The van der Waals surface area contributed by atoms with E-state index in [0.29, 0.717) is 6.42 Å². The second-order valence-electron chi connectivity index (χ2n) is 10.00. The molecule has 0 saturated heterocycles. The van der Waals surface area contributed by atoms with E-state index in [4.69, 9.17) is 11.6 Å². The molecule has 0 atom stereocenters. The molecule has 3 aromatic rings. The first kappa shape index (κ1) is 32.1. The van der Waals surface area contributed by atoms with Crippen LogP contribution in [0.4, 0.5) is 11.4 Å². The highest BCUT2D eigenvalue weighted by molar-refractivity contribution is 7.91. The first-order valence-corrected chi connectivity index (χ1v) is 16.1. The number of anilines is 2. The quantitative estimate of drug-likeness (QED) is 0.115. The standard InChI is InChI=1S/C31H38ClN3O5S/c1-2-3-4-5-6-7-8-9-10-13-20-41(39,40)24-17-15-23(16-18-24)30(37)35-28-21-25(32)27(22-29(28)36)34-31(38)26-14-11-12-19-33-26/h11-12,14-19,21-22,36H,2-10,13,20H2,1H3,(H,34,38)(H,35,37). The second-order valence-corrected chi connectivity index (χ2v) is 12.5. The largest absolute Gasteiger partial charge is 0.506 e. The number of phenolic OH excluding ortho intramolecular Hbond substituents is 1. The van der Waals surface area contributed by atoms with Crippen molar-refractivity contribution in [1.29, 1.82) is 0 Å². The summed E-state index contributed by atoms with van der Waals surface area (Å²) in [5, 5.41) is 15.6. The van der Waals surface area contributed by atoms with Crippen LogP contribution in [0, 0.1) is 0 Å². The van der Waals surface area contributed by atoms with Crippen molar-refractivity contribution in [3.8, 4) is 5.75 Å². The molecular formula is C31H38ClN3O5S. The Hall–Kier alpha value is -3.43. The van der Waals surface area contributed by atoms with Crippen LogP contribution >= 0.6 is 11.6 Å². The van der Waals surface area contributed by atoms with Crippen molar-refractivity contribution in [2.45, 2.75) is 76.0 Å². The summed E-state index contributed by atoms with van der Waals surface area (Å²) < 4.78 is 25.5. The molecule has 10 heteroatoms. The number of halogens is 1. The Morgan fingerprint density at radius 2 is 1.41 bits per heavy atom. The number of rotatable bonds is 16. The summed E-state index contributed by atoms with van der Waals surface area (Å²) in [5.41, 5.74) is 0.573. The van der Waals surface area contributed by atoms with Gasteiger partial charge in [-0.2, -0.15) is 0 Å². The smallest absolute Gasteiger partial charge is 0.274 e. The summed E-state index contributed by atoms with van der Waals surface area (Å²) in [6.07, 6.45) is 12.7. The van der Waals surface area contributed by atoms with Gasteiger partial charge in [0.2, 0.25) is 0 Å². The van der Waals surface area contributed by atoms with Gasteiger partial charge in [0, 0.05) is 17.8 Å². The Balaban J connectivity index is 1.49. The molecule has 0 aliphatic carbocycles. The maximum atomic E-state index is 12.8. The molecule has 220 valence electrons. The van der Waals surface area contributed by atoms with Crippen LogP contribution in [0.5, 0.6) is 5.75 Å². The zero-order valence-corrected chi connectivity index (χ0v) is 24.9. The lowest BCUT2D eigenvalue weighted by Crippen LogP contribution is -2.15. The number of nitrogens with one attached hydrogen (secondary N) is 2. The van der Waals surface area contributed by atoms with Gasteiger partial charge in [0.05, 0.1) is 27.0 Å². The molecule has 3 N–H and O–H groups in total. The zero-order chi connectivity index (χ0) is 29.7. The minimum Gasteiger partial charge on any atom is -0.506 e. The van der Waals surface area contributed by atoms with Crippen molar-refractivity contribution in [2.24, 2.45) is 0 Å². The van der Waals surface area contributed by atoms with E-state index < -0.39 is 21.7 Å². The average molecular weight is 600 g/mol. The summed E-state index contributed by atoms with van der Waals surface area (Å²) >= 11 is 6.27. The highest BCUT2D eigenvalue weighted by Gasteiger charge is 2.17. The van der Waals surface area contributed by atoms with E-state index in [1.54, 1.807) is 12.1 Å². The van der Waals surface area contributed by atoms with Crippen LogP contribution in [0.2, 0.25) is 5.02 Å². The molecule has 0 bridgehead atoms. The average Bonchev–Trinajstić information content (AvgIpc) is 2.97. The molecule has 8 nitrogen and oxygen atoms in total. The number of amides is 2. The predicted octanol–water partition coefficient (Wildman–Crippen LogP) is 7.64. The monoisotopic (exact) mass is 599 g/mol. The Morgan fingerprint density at radius 1 is 0.805 bits per heavy atom. The number of aromatic nitrogens is 1. The summed E-state index contributed by atoms with van der Waals surface area (Å²) in [6.45, 7) is 2.21. The number of phenols is 1. The molecule has 0 radical (unpaired) electrons. The van der Waals surface area contributed by atoms with Gasteiger partial charge in [-0.3, -0.25) is 14.6 Å². The fourth-order valence-corrected chi connectivity index (χ4v) is 5.93. The number of benzene rings is 2. The number of sulfone groups is 1. The maximum absolute atomic E-state index is 12.8. The fraction of sp³-hybridized carbons (Fsp3) is 0.387. The van der Waals surface area contributed by atoms with Crippen molar-refractivity contribution in [3.63, 3.8) is 0 Å². The van der Waals surface area contributed by atoms with Gasteiger partial charge < -0.3 is 15.7 Å².